The Hall–Kier alpha value is -2.20. The Kier molecular flexibility index (Phi) is 6.58. The molecule has 0 spiro atoms. The topological polar surface area (TPSA) is 51.2 Å². The largest absolute Gasteiger partial charge is 0.466 e. The van der Waals surface area contributed by atoms with Crippen LogP contribution >= 0.6 is 0 Å². The second-order valence-electron chi connectivity index (χ2n) is 5.04. The number of benzene rings is 1. The van der Waals surface area contributed by atoms with Gasteiger partial charge in [-0.3, -0.25) is 9.78 Å². The fourth-order valence-corrected chi connectivity index (χ4v) is 2.29. The summed E-state index contributed by atoms with van der Waals surface area (Å²) in [6.45, 7) is 3.81. The minimum Gasteiger partial charge on any atom is -0.466 e. The molecule has 0 aliphatic carbocycles. The maximum Gasteiger partial charge on any atom is 0.306 e. The molecule has 0 atom stereocenters. The third-order valence-electron chi connectivity index (χ3n) is 3.39. The number of nitrogens with one attached hydrogen (secondary N) is 1. The predicted octanol–water partition coefficient (Wildman–Crippen LogP) is 2.87. The number of hydrogen-bond donors (Lipinski definition) is 1. The number of hydrogen-bond acceptors (Lipinski definition) is 4. The number of carbonyl (C=O) groups excluding carboxylic acids is 1. The van der Waals surface area contributed by atoms with E-state index in [2.05, 4.69) is 22.4 Å². The van der Waals surface area contributed by atoms with Crippen molar-refractivity contribution >= 4 is 5.97 Å². The highest BCUT2D eigenvalue weighted by Crippen LogP contribution is 2.12. The van der Waals surface area contributed by atoms with Crippen LogP contribution in [0.4, 0.5) is 0 Å². The van der Waals surface area contributed by atoms with E-state index in [-0.39, 0.29) is 5.97 Å². The molecule has 1 N–H and O–H groups in total. The Bertz CT molecular complexity index is 585. The van der Waals surface area contributed by atoms with Gasteiger partial charge in [-0.05, 0) is 36.1 Å². The summed E-state index contributed by atoms with van der Waals surface area (Å²) in [4.78, 5) is 15.6. The zero-order chi connectivity index (χ0) is 15.6. The Morgan fingerprint density at radius 2 is 1.95 bits per heavy atom. The summed E-state index contributed by atoms with van der Waals surface area (Å²) in [5.74, 6) is -0.138. The average molecular weight is 298 g/mol. The molecule has 2 aromatic rings. The molecule has 1 aromatic heterocycles. The fourth-order valence-electron chi connectivity index (χ4n) is 2.29. The van der Waals surface area contributed by atoms with Gasteiger partial charge in [0.2, 0.25) is 0 Å². The van der Waals surface area contributed by atoms with E-state index in [9.17, 15) is 4.79 Å². The van der Waals surface area contributed by atoms with Gasteiger partial charge in [-0.2, -0.15) is 0 Å². The van der Waals surface area contributed by atoms with Crippen LogP contribution in [-0.2, 0) is 29.0 Å². The van der Waals surface area contributed by atoms with Gasteiger partial charge in [-0.25, -0.2) is 0 Å². The van der Waals surface area contributed by atoms with Crippen molar-refractivity contribution in [2.24, 2.45) is 0 Å². The molecular weight excluding hydrogens is 276 g/mol. The van der Waals surface area contributed by atoms with Crippen molar-refractivity contribution in [2.75, 3.05) is 6.61 Å². The van der Waals surface area contributed by atoms with Crippen molar-refractivity contribution in [3.05, 3.63) is 65.5 Å². The molecule has 116 valence electrons. The first-order valence-electron chi connectivity index (χ1n) is 7.61. The standard InChI is InChI=1S/C18H22N2O2/c1-2-22-18(21)10-9-16-7-3-4-8-17(16)14-20-13-15-6-5-11-19-12-15/h3-8,11-12,20H,2,9-10,13-14H2,1H3. The smallest absolute Gasteiger partial charge is 0.306 e. The molecule has 1 aromatic carbocycles. The van der Waals surface area contributed by atoms with Crippen molar-refractivity contribution in [2.45, 2.75) is 32.9 Å². The highest BCUT2D eigenvalue weighted by atomic mass is 16.5. The Morgan fingerprint density at radius 3 is 2.68 bits per heavy atom. The monoisotopic (exact) mass is 298 g/mol. The molecule has 4 nitrogen and oxygen atoms in total. The fraction of sp³-hybridized carbons (Fsp3) is 0.333. The molecule has 0 aliphatic heterocycles. The number of aryl methyl sites for hydroxylation is 1. The summed E-state index contributed by atoms with van der Waals surface area (Å²) in [7, 11) is 0. The molecule has 0 amide bonds. The first-order valence-corrected chi connectivity index (χ1v) is 7.61. The van der Waals surface area contributed by atoms with Crippen LogP contribution in [0.5, 0.6) is 0 Å². The zero-order valence-corrected chi connectivity index (χ0v) is 12.9. The summed E-state index contributed by atoms with van der Waals surface area (Å²) in [6, 6.07) is 12.2. The number of nitrogens with zero attached hydrogens (tertiary/aromatic N) is 1. The van der Waals surface area contributed by atoms with Gasteiger partial charge in [0, 0.05) is 31.9 Å². The van der Waals surface area contributed by atoms with Crippen LogP contribution < -0.4 is 5.32 Å². The molecule has 0 unspecified atom stereocenters. The number of carbonyl (C=O) groups is 1. The lowest BCUT2D eigenvalue weighted by Crippen LogP contribution is -2.14. The van der Waals surface area contributed by atoms with E-state index in [1.54, 1.807) is 6.20 Å². The highest BCUT2D eigenvalue weighted by molar-refractivity contribution is 5.69. The van der Waals surface area contributed by atoms with Gasteiger partial charge in [0.25, 0.3) is 0 Å². The molecule has 2 rings (SSSR count). The first-order chi connectivity index (χ1) is 10.8. The van der Waals surface area contributed by atoms with Crippen LogP contribution in [0.2, 0.25) is 0 Å². The molecule has 22 heavy (non-hydrogen) atoms. The molecule has 0 fully saturated rings. The SMILES string of the molecule is CCOC(=O)CCc1ccccc1CNCc1cccnc1. The van der Waals surface area contributed by atoms with Gasteiger partial charge in [0.1, 0.15) is 0 Å². The van der Waals surface area contributed by atoms with E-state index in [4.69, 9.17) is 4.74 Å². The van der Waals surface area contributed by atoms with Gasteiger partial charge < -0.3 is 10.1 Å². The second kappa shape index (κ2) is 8.95. The maximum atomic E-state index is 11.5. The lowest BCUT2D eigenvalue weighted by atomic mass is 10.0. The average Bonchev–Trinajstić information content (AvgIpc) is 2.55. The molecule has 0 bridgehead atoms. The number of pyridine rings is 1. The number of ether oxygens (including phenoxy) is 1. The third kappa shape index (κ3) is 5.30. The number of rotatable bonds is 8. The highest BCUT2D eigenvalue weighted by Gasteiger charge is 2.06. The molecule has 1 heterocycles. The van der Waals surface area contributed by atoms with Crippen molar-refractivity contribution < 1.29 is 9.53 Å². The summed E-state index contributed by atoms with van der Waals surface area (Å²) < 4.78 is 4.98. The second-order valence-corrected chi connectivity index (χ2v) is 5.04. The van der Waals surface area contributed by atoms with Crippen LogP contribution in [0.3, 0.4) is 0 Å². The van der Waals surface area contributed by atoms with Gasteiger partial charge in [-0.1, -0.05) is 30.3 Å². The van der Waals surface area contributed by atoms with Crippen molar-refractivity contribution in [3.8, 4) is 0 Å². The molecular formula is C18H22N2O2. The normalized spacial score (nSPS) is 10.4. The molecule has 0 saturated carbocycles. The van der Waals surface area contributed by atoms with Crippen molar-refractivity contribution in [1.29, 1.82) is 0 Å². The van der Waals surface area contributed by atoms with Crippen LogP contribution in [0.15, 0.2) is 48.8 Å². The van der Waals surface area contributed by atoms with E-state index in [1.807, 2.05) is 37.4 Å². The molecule has 0 radical (unpaired) electrons. The summed E-state index contributed by atoms with van der Waals surface area (Å²) in [5.41, 5.74) is 3.57. The van der Waals surface area contributed by atoms with E-state index < -0.39 is 0 Å². The van der Waals surface area contributed by atoms with E-state index >= 15 is 0 Å². The van der Waals surface area contributed by atoms with E-state index in [0.29, 0.717) is 19.4 Å². The van der Waals surface area contributed by atoms with Gasteiger partial charge in [0.15, 0.2) is 0 Å². The number of esters is 1. The quantitative estimate of drug-likeness (QED) is 0.761. The van der Waals surface area contributed by atoms with Crippen LogP contribution in [0, 0.1) is 0 Å². The minimum absolute atomic E-state index is 0.138. The predicted molar refractivity (Wildman–Crippen MR) is 86.2 cm³/mol. The molecule has 4 heteroatoms. The molecule has 0 saturated heterocycles. The summed E-state index contributed by atoms with van der Waals surface area (Å²) in [6.07, 6.45) is 4.77. The van der Waals surface area contributed by atoms with Gasteiger partial charge in [0.05, 0.1) is 6.61 Å². The maximum absolute atomic E-state index is 11.5. The van der Waals surface area contributed by atoms with Gasteiger partial charge in [-0.15, -0.1) is 0 Å². The number of aromatic nitrogens is 1. The zero-order valence-electron chi connectivity index (χ0n) is 12.9. The van der Waals surface area contributed by atoms with E-state index in [1.165, 1.54) is 11.1 Å². The Morgan fingerprint density at radius 1 is 1.14 bits per heavy atom. The Labute approximate surface area is 131 Å². The van der Waals surface area contributed by atoms with Crippen molar-refractivity contribution in [3.63, 3.8) is 0 Å². The minimum atomic E-state index is -0.138. The Balaban J connectivity index is 1.86. The van der Waals surface area contributed by atoms with Crippen LogP contribution in [0.1, 0.15) is 30.0 Å². The molecule has 0 aliphatic rings. The van der Waals surface area contributed by atoms with Crippen LogP contribution in [0.25, 0.3) is 0 Å². The summed E-state index contributed by atoms with van der Waals surface area (Å²) in [5, 5.41) is 3.41. The van der Waals surface area contributed by atoms with E-state index in [0.717, 1.165) is 18.7 Å². The van der Waals surface area contributed by atoms with Crippen molar-refractivity contribution in [1.82, 2.24) is 10.3 Å². The lowest BCUT2D eigenvalue weighted by Gasteiger charge is -2.10. The third-order valence-corrected chi connectivity index (χ3v) is 3.39. The van der Waals surface area contributed by atoms with Crippen LogP contribution in [-0.4, -0.2) is 17.6 Å². The summed E-state index contributed by atoms with van der Waals surface area (Å²) >= 11 is 0. The lowest BCUT2D eigenvalue weighted by molar-refractivity contribution is -0.143. The van der Waals surface area contributed by atoms with Gasteiger partial charge >= 0.3 is 5.97 Å². The first kappa shape index (κ1) is 16.2.